The smallest absolute Gasteiger partial charge is 0.120 e. The molecule has 0 saturated carbocycles. The third-order valence-electron chi connectivity index (χ3n) is 2.16. The second kappa shape index (κ2) is 2.53. The van der Waals surface area contributed by atoms with Crippen molar-refractivity contribution >= 4 is 5.69 Å². The highest BCUT2D eigenvalue weighted by atomic mass is 16.7. The predicted octanol–water partition coefficient (Wildman–Crippen LogP) is 2.62. The summed E-state index contributed by atoms with van der Waals surface area (Å²) in [6.45, 7) is 3.91. The van der Waals surface area contributed by atoms with Gasteiger partial charge in [0, 0.05) is 5.56 Å². The molecule has 13 heavy (non-hydrogen) atoms. The van der Waals surface area contributed by atoms with Crippen molar-refractivity contribution < 1.29 is 4.84 Å². The summed E-state index contributed by atoms with van der Waals surface area (Å²) < 4.78 is 0. The fourth-order valence-corrected chi connectivity index (χ4v) is 1.54. The van der Waals surface area contributed by atoms with E-state index in [2.05, 4.69) is 5.22 Å². The van der Waals surface area contributed by atoms with Crippen LogP contribution in [0.25, 0.3) is 0 Å². The minimum absolute atomic E-state index is 0.388. The van der Waals surface area contributed by atoms with Crippen molar-refractivity contribution in [1.82, 2.24) is 0 Å². The molecule has 0 aromatic heterocycles. The Morgan fingerprint density at radius 2 is 2.08 bits per heavy atom. The van der Waals surface area contributed by atoms with Crippen LogP contribution in [0.3, 0.4) is 0 Å². The zero-order valence-electron chi connectivity index (χ0n) is 7.61. The van der Waals surface area contributed by atoms with Crippen molar-refractivity contribution in [1.29, 1.82) is 5.53 Å². The van der Waals surface area contributed by atoms with E-state index in [0.29, 0.717) is 0 Å². The standard InChI is InChI=1S/C9H11N3O/c1-9(2)7-5-3-4-6-8(7)12(11-10)13-9/h3-6,10H,1-2H3. The van der Waals surface area contributed by atoms with Crippen LogP contribution in [0.15, 0.2) is 29.5 Å². The molecule has 1 aromatic carbocycles. The fourth-order valence-electron chi connectivity index (χ4n) is 1.54. The van der Waals surface area contributed by atoms with Gasteiger partial charge in [0.15, 0.2) is 0 Å². The maximum atomic E-state index is 6.93. The molecule has 0 atom stereocenters. The molecule has 0 saturated heterocycles. The van der Waals surface area contributed by atoms with Gasteiger partial charge in [-0.25, -0.2) is 4.84 Å². The number of rotatable bonds is 1. The molecular formula is C9H11N3O. The Hall–Kier alpha value is -1.42. The monoisotopic (exact) mass is 177 g/mol. The van der Waals surface area contributed by atoms with Crippen molar-refractivity contribution in [2.24, 2.45) is 5.22 Å². The van der Waals surface area contributed by atoms with Gasteiger partial charge in [0.05, 0.1) is 5.69 Å². The van der Waals surface area contributed by atoms with Gasteiger partial charge < -0.3 is 0 Å². The molecule has 0 fully saturated rings. The molecule has 1 aromatic rings. The quantitative estimate of drug-likeness (QED) is 0.670. The lowest BCUT2D eigenvalue weighted by atomic mass is 9.98. The van der Waals surface area contributed by atoms with Gasteiger partial charge in [0.1, 0.15) is 5.60 Å². The molecule has 0 amide bonds. The SMILES string of the molecule is CC1(C)ON(N=N)c2ccccc21. The largest absolute Gasteiger partial charge is 0.240 e. The summed E-state index contributed by atoms with van der Waals surface area (Å²) in [5.41, 5.74) is 8.46. The Bertz CT molecular complexity index is 348. The summed E-state index contributed by atoms with van der Waals surface area (Å²) >= 11 is 0. The third-order valence-corrected chi connectivity index (χ3v) is 2.16. The summed E-state index contributed by atoms with van der Waals surface area (Å²) in [6.07, 6.45) is 0. The van der Waals surface area contributed by atoms with Gasteiger partial charge in [-0.3, -0.25) is 0 Å². The second-order valence-corrected chi connectivity index (χ2v) is 3.49. The maximum Gasteiger partial charge on any atom is 0.120 e. The van der Waals surface area contributed by atoms with Crippen LogP contribution >= 0.6 is 0 Å². The van der Waals surface area contributed by atoms with Crippen molar-refractivity contribution in [3.05, 3.63) is 29.8 Å². The van der Waals surface area contributed by atoms with Crippen molar-refractivity contribution in [2.75, 3.05) is 5.17 Å². The summed E-state index contributed by atoms with van der Waals surface area (Å²) in [7, 11) is 0. The molecule has 0 radical (unpaired) electrons. The molecule has 1 aliphatic heterocycles. The molecule has 0 spiro atoms. The van der Waals surface area contributed by atoms with Gasteiger partial charge in [-0.2, -0.15) is 5.53 Å². The van der Waals surface area contributed by atoms with E-state index in [-0.39, 0.29) is 5.60 Å². The van der Waals surface area contributed by atoms with Gasteiger partial charge in [0.2, 0.25) is 0 Å². The number of anilines is 1. The molecule has 1 heterocycles. The van der Waals surface area contributed by atoms with Gasteiger partial charge in [-0.05, 0) is 25.1 Å². The highest BCUT2D eigenvalue weighted by molar-refractivity contribution is 5.56. The summed E-state index contributed by atoms with van der Waals surface area (Å²) in [6, 6.07) is 7.74. The number of nitrogens with zero attached hydrogens (tertiary/aromatic N) is 2. The summed E-state index contributed by atoms with van der Waals surface area (Å²) in [4.78, 5) is 5.45. The minimum Gasteiger partial charge on any atom is -0.240 e. The van der Waals surface area contributed by atoms with E-state index >= 15 is 0 Å². The lowest BCUT2D eigenvalue weighted by molar-refractivity contribution is -0.0199. The lowest BCUT2D eigenvalue weighted by Gasteiger charge is -2.17. The first-order chi connectivity index (χ1) is 6.15. The van der Waals surface area contributed by atoms with E-state index < -0.39 is 0 Å². The van der Waals surface area contributed by atoms with E-state index in [1.165, 1.54) is 5.17 Å². The number of hydrogen-bond donors (Lipinski definition) is 1. The molecule has 68 valence electrons. The van der Waals surface area contributed by atoms with Gasteiger partial charge >= 0.3 is 0 Å². The van der Waals surface area contributed by atoms with Crippen LogP contribution < -0.4 is 5.17 Å². The van der Waals surface area contributed by atoms with Gasteiger partial charge in [0.25, 0.3) is 0 Å². The third kappa shape index (κ3) is 1.10. The van der Waals surface area contributed by atoms with Crippen LogP contribution in [0, 0.1) is 5.53 Å². The summed E-state index contributed by atoms with van der Waals surface area (Å²) in [5, 5.41) is 4.53. The van der Waals surface area contributed by atoms with Crippen molar-refractivity contribution in [2.45, 2.75) is 19.4 Å². The molecule has 4 heteroatoms. The topological polar surface area (TPSA) is 48.7 Å². The first-order valence-electron chi connectivity index (χ1n) is 4.11. The average molecular weight is 177 g/mol. The zero-order chi connectivity index (χ0) is 9.47. The zero-order valence-corrected chi connectivity index (χ0v) is 7.61. The Balaban J connectivity index is 2.56. The van der Waals surface area contributed by atoms with Crippen molar-refractivity contribution in [3.63, 3.8) is 0 Å². The second-order valence-electron chi connectivity index (χ2n) is 3.49. The van der Waals surface area contributed by atoms with E-state index in [1.54, 1.807) is 0 Å². The molecule has 2 rings (SSSR count). The molecular weight excluding hydrogens is 166 g/mol. The Kier molecular flexibility index (Phi) is 1.60. The van der Waals surface area contributed by atoms with E-state index in [0.717, 1.165) is 11.3 Å². The first-order valence-corrected chi connectivity index (χ1v) is 4.11. The molecule has 0 aliphatic carbocycles. The van der Waals surface area contributed by atoms with Crippen LogP contribution in [-0.4, -0.2) is 0 Å². The van der Waals surface area contributed by atoms with E-state index in [1.807, 2.05) is 38.1 Å². The van der Waals surface area contributed by atoms with Crippen LogP contribution in [0.2, 0.25) is 0 Å². The predicted molar refractivity (Wildman–Crippen MR) is 48.2 cm³/mol. The number of para-hydroxylation sites is 1. The lowest BCUT2D eigenvalue weighted by Crippen LogP contribution is -2.20. The highest BCUT2D eigenvalue weighted by Crippen LogP contribution is 2.41. The van der Waals surface area contributed by atoms with E-state index in [4.69, 9.17) is 10.4 Å². The van der Waals surface area contributed by atoms with Crippen LogP contribution in [0.1, 0.15) is 19.4 Å². The molecule has 1 aliphatic rings. The van der Waals surface area contributed by atoms with Gasteiger partial charge in [-0.1, -0.05) is 18.2 Å². The van der Waals surface area contributed by atoms with Crippen LogP contribution in [0.5, 0.6) is 0 Å². The fraction of sp³-hybridized carbons (Fsp3) is 0.333. The Morgan fingerprint density at radius 3 is 2.77 bits per heavy atom. The highest BCUT2D eigenvalue weighted by Gasteiger charge is 2.36. The number of hydrogen-bond acceptors (Lipinski definition) is 3. The Labute approximate surface area is 76.6 Å². The summed E-state index contributed by atoms with van der Waals surface area (Å²) in [5.74, 6) is 0. The number of benzene rings is 1. The first kappa shape index (κ1) is 8.19. The molecule has 0 unspecified atom stereocenters. The Morgan fingerprint density at radius 1 is 1.38 bits per heavy atom. The van der Waals surface area contributed by atoms with Gasteiger partial charge in [-0.15, -0.1) is 5.17 Å². The molecule has 4 nitrogen and oxygen atoms in total. The minimum atomic E-state index is -0.388. The van der Waals surface area contributed by atoms with Crippen LogP contribution in [0.4, 0.5) is 5.69 Å². The maximum absolute atomic E-state index is 6.93. The molecule has 1 N–H and O–H groups in total. The average Bonchev–Trinajstić information content (AvgIpc) is 2.39. The normalized spacial score (nSPS) is 18.5. The van der Waals surface area contributed by atoms with E-state index in [9.17, 15) is 0 Å². The van der Waals surface area contributed by atoms with Crippen molar-refractivity contribution in [3.8, 4) is 0 Å². The van der Waals surface area contributed by atoms with Crippen LogP contribution in [-0.2, 0) is 10.4 Å². The molecule has 0 bridgehead atoms. The number of nitrogens with one attached hydrogen (secondary N) is 1. The number of fused-ring (bicyclic) bond motifs is 1.